The Hall–Kier alpha value is -1.55. The molecule has 0 heterocycles. The summed E-state index contributed by atoms with van der Waals surface area (Å²) in [7, 11) is 1.51. The standard InChI is InChI=1S/C12H16O4/c1-8-6-9(2)11(15-3)10(7-8)12(14)16-5-4-13/h6-7,13H,4-5H2,1-3H3. The number of ether oxygens (including phenoxy) is 2. The van der Waals surface area contributed by atoms with Crippen LogP contribution < -0.4 is 4.74 Å². The largest absolute Gasteiger partial charge is 0.496 e. The molecule has 0 aromatic heterocycles. The Morgan fingerprint density at radius 3 is 2.62 bits per heavy atom. The molecule has 1 N–H and O–H groups in total. The molecule has 0 aliphatic heterocycles. The van der Waals surface area contributed by atoms with E-state index in [1.165, 1.54) is 7.11 Å². The summed E-state index contributed by atoms with van der Waals surface area (Å²) < 4.78 is 10.0. The Morgan fingerprint density at radius 2 is 2.06 bits per heavy atom. The fraction of sp³-hybridized carbons (Fsp3) is 0.417. The van der Waals surface area contributed by atoms with Gasteiger partial charge in [-0.15, -0.1) is 0 Å². The molecule has 0 saturated carbocycles. The third kappa shape index (κ3) is 2.73. The minimum Gasteiger partial charge on any atom is -0.496 e. The zero-order valence-corrected chi connectivity index (χ0v) is 9.74. The smallest absolute Gasteiger partial charge is 0.342 e. The molecule has 1 aromatic carbocycles. The number of benzene rings is 1. The molecule has 1 rings (SSSR count). The number of carbonyl (C=O) groups excluding carboxylic acids is 1. The van der Waals surface area contributed by atoms with E-state index >= 15 is 0 Å². The second-order valence-electron chi connectivity index (χ2n) is 3.52. The van der Waals surface area contributed by atoms with Gasteiger partial charge in [0.15, 0.2) is 0 Å². The number of rotatable bonds is 4. The lowest BCUT2D eigenvalue weighted by Gasteiger charge is -2.11. The van der Waals surface area contributed by atoms with Gasteiger partial charge in [-0.25, -0.2) is 4.79 Å². The topological polar surface area (TPSA) is 55.8 Å². The number of methoxy groups -OCH3 is 1. The van der Waals surface area contributed by atoms with Gasteiger partial charge in [0.2, 0.25) is 0 Å². The van der Waals surface area contributed by atoms with Crippen LogP contribution in [0, 0.1) is 13.8 Å². The third-order valence-corrected chi connectivity index (χ3v) is 2.17. The second-order valence-corrected chi connectivity index (χ2v) is 3.52. The molecule has 0 spiro atoms. The van der Waals surface area contributed by atoms with Crippen molar-refractivity contribution in [1.29, 1.82) is 0 Å². The van der Waals surface area contributed by atoms with Gasteiger partial charge in [0.25, 0.3) is 0 Å². The van der Waals surface area contributed by atoms with Gasteiger partial charge in [-0.1, -0.05) is 6.07 Å². The summed E-state index contributed by atoms with van der Waals surface area (Å²) in [5, 5.41) is 8.59. The number of carbonyl (C=O) groups is 1. The van der Waals surface area contributed by atoms with E-state index in [4.69, 9.17) is 14.6 Å². The predicted octanol–water partition coefficient (Wildman–Crippen LogP) is 1.46. The minimum absolute atomic E-state index is 0.00498. The molecule has 0 saturated heterocycles. The highest BCUT2D eigenvalue weighted by Gasteiger charge is 2.16. The monoisotopic (exact) mass is 224 g/mol. The number of aliphatic hydroxyl groups is 1. The zero-order chi connectivity index (χ0) is 12.1. The van der Waals surface area contributed by atoms with Gasteiger partial charge in [0.05, 0.1) is 13.7 Å². The summed E-state index contributed by atoms with van der Waals surface area (Å²) in [5.74, 6) is 0.0474. The highest BCUT2D eigenvalue weighted by atomic mass is 16.5. The first kappa shape index (κ1) is 12.5. The van der Waals surface area contributed by atoms with Gasteiger partial charge in [0.1, 0.15) is 17.9 Å². The van der Waals surface area contributed by atoms with Crippen molar-refractivity contribution in [2.24, 2.45) is 0 Å². The van der Waals surface area contributed by atoms with E-state index < -0.39 is 5.97 Å². The Kier molecular flexibility index (Phi) is 4.31. The van der Waals surface area contributed by atoms with Crippen molar-refractivity contribution >= 4 is 5.97 Å². The lowest BCUT2D eigenvalue weighted by atomic mass is 10.1. The molecule has 0 radical (unpaired) electrons. The average Bonchev–Trinajstić information content (AvgIpc) is 2.24. The molecule has 0 amide bonds. The molecule has 0 atom stereocenters. The zero-order valence-electron chi connectivity index (χ0n) is 9.74. The normalized spacial score (nSPS) is 10.0. The Balaban J connectivity index is 3.05. The van der Waals surface area contributed by atoms with Crippen LogP contribution in [0.1, 0.15) is 21.5 Å². The second kappa shape index (κ2) is 5.51. The van der Waals surface area contributed by atoms with Gasteiger partial charge in [0, 0.05) is 0 Å². The molecular weight excluding hydrogens is 208 g/mol. The maximum absolute atomic E-state index is 11.7. The van der Waals surface area contributed by atoms with Crippen LogP contribution in [0.25, 0.3) is 0 Å². The van der Waals surface area contributed by atoms with E-state index in [0.29, 0.717) is 11.3 Å². The van der Waals surface area contributed by atoms with Crippen LogP contribution in [0.3, 0.4) is 0 Å². The summed E-state index contributed by atoms with van der Waals surface area (Å²) >= 11 is 0. The highest BCUT2D eigenvalue weighted by Crippen LogP contribution is 2.25. The Morgan fingerprint density at radius 1 is 1.38 bits per heavy atom. The van der Waals surface area contributed by atoms with Crippen LogP contribution >= 0.6 is 0 Å². The summed E-state index contributed by atoms with van der Waals surface area (Å²) in [4.78, 5) is 11.7. The molecule has 1 aromatic rings. The highest BCUT2D eigenvalue weighted by molar-refractivity contribution is 5.93. The molecular formula is C12H16O4. The first-order valence-corrected chi connectivity index (χ1v) is 5.03. The molecule has 0 bridgehead atoms. The van der Waals surface area contributed by atoms with Crippen LogP contribution in [0.5, 0.6) is 5.75 Å². The van der Waals surface area contributed by atoms with Crippen molar-refractivity contribution < 1.29 is 19.4 Å². The van der Waals surface area contributed by atoms with E-state index in [1.807, 2.05) is 19.9 Å². The van der Waals surface area contributed by atoms with E-state index in [-0.39, 0.29) is 13.2 Å². The first-order valence-electron chi connectivity index (χ1n) is 5.03. The van der Waals surface area contributed by atoms with Crippen molar-refractivity contribution in [3.63, 3.8) is 0 Å². The number of hydrogen-bond acceptors (Lipinski definition) is 4. The molecule has 0 aliphatic carbocycles. The van der Waals surface area contributed by atoms with Gasteiger partial charge in [-0.3, -0.25) is 0 Å². The Bertz CT molecular complexity index is 385. The Labute approximate surface area is 94.8 Å². The summed E-state index contributed by atoms with van der Waals surface area (Å²) in [6.45, 7) is 3.58. The van der Waals surface area contributed by atoms with Crippen LogP contribution in [-0.4, -0.2) is 31.4 Å². The average molecular weight is 224 g/mol. The third-order valence-electron chi connectivity index (χ3n) is 2.17. The van der Waals surface area contributed by atoms with Gasteiger partial charge < -0.3 is 14.6 Å². The van der Waals surface area contributed by atoms with Gasteiger partial charge in [-0.2, -0.15) is 0 Å². The molecule has 0 fully saturated rings. The molecule has 0 aliphatic rings. The summed E-state index contributed by atoms with van der Waals surface area (Å²) in [5.41, 5.74) is 2.25. The molecule has 4 nitrogen and oxygen atoms in total. The number of aryl methyl sites for hydroxylation is 2. The fourth-order valence-corrected chi connectivity index (χ4v) is 1.59. The molecule has 0 unspecified atom stereocenters. The van der Waals surface area contributed by atoms with Crippen molar-refractivity contribution in [2.75, 3.05) is 20.3 Å². The number of aliphatic hydroxyl groups excluding tert-OH is 1. The predicted molar refractivity (Wildman–Crippen MR) is 59.8 cm³/mol. The van der Waals surface area contributed by atoms with Gasteiger partial charge in [-0.05, 0) is 31.0 Å². The first-order chi connectivity index (χ1) is 7.60. The van der Waals surface area contributed by atoms with Gasteiger partial charge >= 0.3 is 5.97 Å². The maximum atomic E-state index is 11.7. The van der Waals surface area contributed by atoms with Crippen LogP contribution in [0.4, 0.5) is 0 Å². The quantitative estimate of drug-likeness (QED) is 0.787. The molecule has 88 valence electrons. The lowest BCUT2D eigenvalue weighted by molar-refractivity contribution is 0.0430. The van der Waals surface area contributed by atoms with Crippen LogP contribution in [0.15, 0.2) is 12.1 Å². The van der Waals surface area contributed by atoms with Crippen molar-refractivity contribution in [3.05, 3.63) is 28.8 Å². The van der Waals surface area contributed by atoms with E-state index in [1.54, 1.807) is 6.07 Å². The summed E-state index contributed by atoms with van der Waals surface area (Å²) in [6, 6.07) is 3.65. The molecule has 4 heteroatoms. The van der Waals surface area contributed by atoms with Crippen molar-refractivity contribution in [1.82, 2.24) is 0 Å². The van der Waals surface area contributed by atoms with Crippen LogP contribution in [-0.2, 0) is 4.74 Å². The SMILES string of the molecule is COc1c(C)cc(C)cc1C(=O)OCCO. The number of esters is 1. The van der Waals surface area contributed by atoms with E-state index in [9.17, 15) is 4.79 Å². The fourth-order valence-electron chi connectivity index (χ4n) is 1.59. The summed E-state index contributed by atoms with van der Waals surface area (Å²) in [6.07, 6.45) is 0. The lowest BCUT2D eigenvalue weighted by Crippen LogP contribution is -2.11. The van der Waals surface area contributed by atoms with E-state index in [0.717, 1.165) is 11.1 Å². The van der Waals surface area contributed by atoms with Crippen molar-refractivity contribution in [3.8, 4) is 5.75 Å². The van der Waals surface area contributed by atoms with Crippen molar-refractivity contribution in [2.45, 2.75) is 13.8 Å². The maximum Gasteiger partial charge on any atom is 0.342 e. The van der Waals surface area contributed by atoms with Crippen LogP contribution in [0.2, 0.25) is 0 Å². The molecule has 16 heavy (non-hydrogen) atoms. The number of hydrogen-bond donors (Lipinski definition) is 1. The minimum atomic E-state index is -0.474. The van der Waals surface area contributed by atoms with E-state index in [2.05, 4.69) is 0 Å².